The molecule has 94 valence electrons. The summed E-state index contributed by atoms with van der Waals surface area (Å²) in [4.78, 5) is 2.62. The van der Waals surface area contributed by atoms with Gasteiger partial charge in [-0.2, -0.15) is 0 Å². The van der Waals surface area contributed by atoms with Gasteiger partial charge < -0.3 is 5.11 Å². The maximum atomic E-state index is 9.73. The molecule has 0 aliphatic heterocycles. The summed E-state index contributed by atoms with van der Waals surface area (Å²) in [7, 11) is 0. The molecule has 2 aromatic rings. The second-order valence-corrected chi connectivity index (χ2v) is 6.91. The third kappa shape index (κ3) is 1.63. The second kappa shape index (κ2) is 3.94. The van der Waals surface area contributed by atoms with Crippen LogP contribution in [0.4, 0.5) is 0 Å². The van der Waals surface area contributed by atoms with Crippen LogP contribution in [0, 0.1) is 5.41 Å². The van der Waals surface area contributed by atoms with Crippen molar-refractivity contribution in [3.8, 4) is 10.4 Å². The molecule has 2 heteroatoms. The van der Waals surface area contributed by atoms with Gasteiger partial charge in [0.2, 0.25) is 0 Å². The third-order valence-electron chi connectivity index (χ3n) is 4.32. The van der Waals surface area contributed by atoms with Crippen LogP contribution in [0.3, 0.4) is 0 Å². The Morgan fingerprint density at radius 3 is 2.33 bits per heavy atom. The van der Waals surface area contributed by atoms with E-state index in [2.05, 4.69) is 50.2 Å². The van der Waals surface area contributed by atoms with Crippen LogP contribution in [-0.4, -0.2) is 11.7 Å². The van der Waals surface area contributed by atoms with Crippen molar-refractivity contribution in [1.82, 2.24) is 0 Å². The number of benzene rings is 1. The van der Waals surface area contributed by atoms with Gasteiger partial charge in [-0.05, 0) is 29.5 Å². The molecule has 1 aromatic carbocycles. The maximum Gasteiger partial charge on any atom is 0.0541 e. The Labute approximate surface area is 112 Å². The first kappa shape index (κ1) is 11.9. The Bertz CT molecular complexity index is 555. The molecule has 1 atom stereocenters. The summed E-state index contributed by atoms with van der Waals surface area (Å²) in [6, 6.07) is 14.8. The van der Waals surface area contributed by atoms with Crippen molar-refractivity contribution in [2.24, 2.45) is 5.41 Å². The summed E-state index contributed by atoms with van der Waals surface area (Å²) < 4.78 is 0. The van der Waals surface area contributed by atoms with Crippen LogP contribution in [-0.2, 0) is 5.41 Å². The number of thiophene rings is 1. The fraction of sp³-hybridized carbons (Fsp3) is 0.375. The van der Waals surface area contributed by atoms with Crippen LogP contribution >= 0.6 is 11.3 Å². The van der Waals surface area contributed by atoms with E-state index in [0.717, 1.165) is 6.42 Å². The van der Waals surface area contributed by atoms with Gasteiger partial charge >= 0.3 is 0 Å². The highest BCUT2D eigenvalue weighted by molar-refractivity contribution is 7.15. The highest BCUT2D eigenvalue weighted by Crippen LogP contribution is 2.65. The zero-order valence-corrected chi connectivity index (χ0v) is 11.6. The molecule has 0 bridgehead atoms. The number of hydrogen-bond donors (Lipinski definition) is 1. The Morgan fingerprint density at radius 2 is 1.78 bits per heavy atom. The summed E-state index contributed by atoms with van der Waals surface area (Å²) in [5, 5.41) is 9.73. The van der Waals surface area contributed by atoms with Crippen LogP contribution in [0.2, 0.25) is 0 Å². The summed E-state index contributed by atoms with van der Waals surface area (Å²) in [6.45, 7) is 4.74. The lowest BCUT2D eigenvalue weighted by atomic mass is 9.95. The zero-order valence-electron chi connectivity index (χ0n) is 10.8. The maximum absolute atomic E-state index is 9.73. The lowest BCUT2D eigenvalue weighted by molar-refractivity contribution is 0.233. The van der Waals surface area contributed by atoms with Gasteiger partial charge in [-0.25, -0.2) is 0 Å². The van der Waals surface area contributed by atoms with Gasteiger partial charge in [-0.3, -0.25) is 0 Å². The van der Waals surface area contributed by atoms with Crippen molar-refractivity contribution in [1.29, 1.82) is 0 Å². The van der Waals surface area contributed by atoms with E-state index in [9.17, 15) is 5.11 Å². The van der Waals surface area contributed by atoms with Gasteiger partial charge in [0, 0.05) is 15.2 Å². The predicted molar refractivity (Wildman–Crippen MR) is 76.9 cm³/mol. The molecular weight excluding hydrogens is 240 g/mol. The third-order valence-corrected chi connectivity index (χ3v) is 5.66. The fourth-order valence-electron chi connectivity index (χ4n) is 2.83. The molecule has 18 heavy (non-hydrogen) atoms. The minimum Gasteiger partial charge on any atom is -0.395 e. The van der Waals surface area contributed by atoms with Crippen LogP contribution in [0.25, 0.3) is 10.4 Å². The molecular formula is C16H18OS. The van der Waals surface area contributed by atoms with Crippen LogP contribution in [0.5, 0.6) is 0 Å². The molecule has 1 N–H and O–H groups in total. The first-order chi connectivity index (χ1) is 8.59. The first-order valence-corrected chi connectivity index (χ1v) is 7.17. The van der Waals surface area contributed by atoms with Crippen molar-refractivity contribution in [3.63, 3.8) is 0 Å². The van der Waals surface area contributed by atoms with E-state index in [0.29, 0.717) is 0 Å². The molecule has 1 aliphatic rings. The van der Waals surface area contributed by atoms with Gasteiger partial charge in [0.25, 0.3) is 0 Å². The van der Waals surface area contributed by atoms with Gasteiger partial charge in [0.1, 0.15) is 0 Å². The summed E-state index contributed by atoms with van der Waals surface area (Å²) in [5.41, 5.74) is 1.51. The number of aliphatic hydroxyl groups is 1. The molecule has 1 fully saturated rings. The van der Waals surface area contributed by atoms with Gasteiger partial charge in [0.05, 0.1) is 6.61 Å². The Balaban J connectivity index is 1.96. The SMILES string of the molecule is CC1(C)CC1(CO)c1ccc(-c2ccccc2)s1. The van der Waals surface area contributed by atoms with Crippen molar-refractivity contribution in [2.45, 2.75) is 25.7 Å². The Kier molecular flexibility index (Phi) is 2.61. The van der Waals surface area contributed by atoms with Gasteiger partial charge in [0.15, 0.2) is 0 Å². The monoisotopic (exact) mass is 258 g/mol. The molecule has 1 nitrogen and oxygen atoms in total. The van der Waals surface area contributed by atoms with Crippen LogP contribution in [0.1, 0.15) is 25.1 Å². The van der Waals surface area contributed by atoms with Gasteiger partial charge in [-0.1, -0.05) is 44.2 Å². The standard InChI is InChI=1S/C16H18OS/c1-15(2)10-16(15,11-17)14-9-8-13(18-14)12-6-4-3-5-7-12/h3-9,17H,10-11H2,1-2H3. The van der Waals surface area contributed by atoms with Crippen molar-refractivity contribution in [2.75, 3.05) is 6.61 Å². The molecule has 0 saturated heterocycles. The summed E-state index contributed by atoms with van der Waals surface area (Å²) in [6.07, 6.45) is 1.09. The van der Waals surface area contributed by atoms with E-state index in [1.807, 2.05) is 17.4 Å². The highest BCUT2D eigenvalue weighted by atomic mass is 32.1. The summed E-state index contributed by atoms with van der Waals surface area (Å²) >= 11 is 1.82. The highest BCUT2D eigenvalue weighted by Gasteiger charge is 2.62. The van der Waals surface area contributed by atoms with E-state index in [1.54, 1.807) is 0 Å². The lowest BCUT2D eigenvalue weighted by Gasteiger charge is -2.15. The van der Waals surface area contributed by atoms with E-state index in [4.69, 9.17) is 0 Å². The van der Waals surface area contributed by atoms with Crippen LogP contribution in [0.15, 0.2) is 42.5 Å². The van der Waals surface area contributed by atoms with Crippen LogP contribution < -0.4 is 0 Å². The predicted octanol–water partition coefficient (Wildman–Crippen LogP) is 4.08. The van der Waals surface area contributed by atoms with Gasteiger partial charge in [-0.15, -0.1) is 11.3 Å². The zero-order chi connectivity index (χ0) is 12.8. The molecule has 3 rings (SSSR count). The summed E-state index contributed by atoms with van der Waals surface area (Å²) in [5.74, 6) is 0. The smallest absolute Gasteiger partial charge is 0.0541 e. The molecule has 0 amide bonds. The normalized spacial score (nSPS) is 25.1. The first-order valence-electron chi connectivity index (χ1n) is 6.36. The topological polar surface area (TPSA) is 20.2 Å². The van der Waals surface area contributed by atoms with E-state index >= 15 is 0 Å². The largest absolute Gasteiger partial charge is 0.395 e. The molecule has 1 aliphatic carbocycles. The molecule has 0 radical (unpaired) electrons. The lowest BCUT2D eigenvalue weighted by Crippen LogP contribution is -2.17. The minimum atomic E-state index is 0.00466. The second-order valence-electron chi connectivity index (χ2n) is 5.83. The average Bonchev–Trinajstić information content (AvgIpc) is 2.78. The average molecular weight is 258 g/mol. The molecule has 1 unspecified atom stereocenters. The van der Waals surface area contributed by atoms with E-state index in [-0.39, 0.29) is 17.4 Å². The number of aliphatic hydroxyl groups excluding tert-OH is 1. The molecule has 1 saturated carbocycles. The van der Waals surface area contributed by atoms with E-state index < -0.39 is 0 Å². The van der Waals surface area contributed by atoms with E-state index in [1.165, 1.54) is 15.3 Å². The van der Waals surface area contributed by atoms with Crippen molar-refractivity contribution < 1.29 is 5.11 Å². The quantitative estimate of drug-likeness (QED) is 0.879. The fourth-order valence-corrected chi connectivity index (χ4v) is 4.20. The number of hydrogen-bond acceptors (Lipinski definition) is 2. The molecule has 1 heterocycles. The van der Waals surface area contributed by atoms with Crippen molar-refractivity contribution >= 4 is 11.3 Å². The molecule has 0 spiro atoms. The Morgan fingerprint density at radius 1 is 1.11 bits per heavy atom. The van der Waals surface area contributed by atoms with Crippen molar-refractivity contribution in [3.05, 3.63) is 47.3 Å². The minimum absolute atomic E-state index is 0.00466. The number of rotatable bonds is 3. The molecule has 1 aromatic heterocycles. The Hall–Kier alpha value is -1.12.